The van der Waals surface area contributed by atoms with Gasteiger partial charge in [-0.15, -0.1) is 0 Å². The van der Waals surface area contributed by atoms with Crippen LogP contribution in [-0.2, 0) is 14.3 Å². The van der Waals surface area contributed by atoms with Crippen molar-refractivity contribution in [2.75, 3.05) is 25.2 Å². The van der Waals surface area contributed by atoms with Crippen molar-refractivity contribution >= 4 is 23.8 Å². The van der Waals surface area contributed by atoms with Crippen LogP contribution in [0, 0.1) is 5.41 Å². The zero-order valence-electron chi connectivity index (χ0n) is 14.6. The van der Waals surface area contributed by atoms with E-state index in [9.17, 15) is 9.59 Å². The Morgan fingerprint density at radius 2 is 1.86 bits per heavy atom. The molecule has 0 radical (unpaired) electrons. The molecule has 0 aliphatic rings. The molecule has 0 saturated carbocycles. The van der Waals surface area contributed by atoms with Crippen LogP contribution in [0.3, 0.4) is 0 Å². The van der Waals surface area contributed by atoms with Gasteiger partial charge in [0.05, 0.1) is 13.2 Å². The molecule has 0 heterocycles. The van der Waals surface area contributed by atoms with Crippen LogP contribution in [0.25, 0.3) is 0 Å². The number of ether oxygens (including phenoxy) is 2. The van der Waals surface area contributed by atoms with E-state index in [1.54, 1.807) is 11.8 Å². The second kappa shape index (κ2) is 11.6. The summed E-state index contributed by atoms with van der Waals surface area (Å²) in [7, 11) is 0. The summed E-state index contributed by atoms with van der Waals surface area (Å²) < 4.78 is 10.4. The first-order valence-electron chi connectivity index (χ1n) is 7.89. The molecule has 5 nitrogen and oxygen atoms in total. The maximum absolute atomic E-state index is 12.0. The monoisotopic (exact) mass is 333 g/mol. The largest absolute Gasteiger partial charge is 0.464 e. The number of unbranched alkanes of at least 4 members (excludes halogenated alkanes) is 2. The van der Waals surface area contributed by atoms with Gasteiger partial charge >= 0.3 is 12.1 Å². The highest BCUT2D eigenvalue weighted by Gasteiger charge is 2.23. The number of carbonyl (C=O) groups excluding carboxylic acids is 2. The molecule has 22 heavy (non-hydrogen) atoms. The summed E-state index contributed by atoms with van der Waals surface area (Å²) in [5, 5.41) is 2.62. The number of hydrogen-bond donors (Lipinski definition) is 1. The summed E-state index contributed by atoms with van der Waals surface area (Å²) in [6.45, 7) is 8.74. The summed E-state index contributed by atoms with van der Waals surface area (Å²) in [5.41, 5.74) is -0.104. The molecule has 0 aromatic heterocycles. The first-order valence-corrected chi connectivity index (χ1v) is 9.28. The van der Waals surface area contributed by atoms with Crippen molar-refractivity contribution < 1.29 is 19.1 Å². The summed E-state index contributed by atoms with van der Waals surface area (Å²) in [6, 6.07) is -0.637. The molecular formula is C16H31NO4S. The Morgan fingerprint density at radius 1 is 1.18 bits per heavy atom. The molecule has 0 aliphatic carbocycles. The van der Waals surface area contributed by atoms with Gasteiger partial charge in [-0.3, -0.25) is 0 Å². The van der Waals surface area contributed by atoms with E-state index in [-0.39, 0.29) is 11.4 Å². The molecule has 0 rings (SSSR count). The Labute approximate surface area is 138 Å². The van der Waals surface area contributed by atoms with Gasteiger partial charge in [-0.25, -0.2) is 9.59 Å². The van der Waals surface area contributed by atoms with E-state index in [0.29, 0.717) is 19.6 Å². The SMILES string of the molecule is CCCCCOC(=O)C(CCSC)NC(=O)OCC(C)(C)C. The fraction of sp³-hybridized carbons (Fsp3) is 0.875. The van der Waals surface area contributed by atoms with Gasteiger partial charge in [0.2, 0.25) is 0 Å². The van der Waals surface area contributed by atoms with E-state index in [2.05, 4.69) is 12.2 Å². The van der Waals surface area contributed by atoms with Crippen LogP contribution in [-0.4, -0.2) is 43.3 Å². The second-order valence-electron chi connectivity index (χ2n) is 6.49. The Hall–Kier alpha value is -0.910. The number of rotatable bonds is 10. The Bertz CT molecular complexity index is 329. The van der Waals surface area contributed by atoms with Gasteiger partial charge in [0.1, 0.15) is 6.04 Å². The standard InChI is InChI=1S/C16H31NO4S/c1-6-7-8-10-20-14(18)13(9-11-22-5)17-15(19)21-12-16(2,3)4/h13H,6-12H2,1-5H3,(H,17,19). The molecule has 0 fully saturated rings. The third kappa shape index (κ3) is 11.7. The zero-order chi connectivity index (χ0) is 17.0. The molecule has 0 aliphatic heterocycles. The van der Waals surface area contributed by atoms with Gasteiger partial charge in [-0.1, -0.05) is 40.5 Å². The molecule has 0 bridgehead atoms. The van der Waals surface area contributed by atoms with Crippen molar-refractivity contribution in [2.24, 2.45) is 5.41 Å². The van der Waals surface area contributed by atoms with Crippen LogP contribution in [0.15, 0.2) is 0 Å². The summed E-state index contributed by atoms with van der Waals surface area (Å²) in [4.78, 5) is 23.8. The average Bonchev–Trinajstić information content (AvgIpc) is 2.44. The minimum absolute atomic E-state index is 0.104. The van der Waals surface area contributed by atoms with Crippen LogP contribution >= 0.6 is 11.8 Å². The summed E-state index contributed by atoms with van der Waals surface area (Å²) >= 11 is 1.62. The average molecular weight is 333 g/mol. The molecule has 0 aromatic rings. The zero-order valence-corrected chi connectivity index (χ0v) is 15.4. The van der Waals surface area contributed by atoms with E-state index in [4.69, 9.17) is 9.47 Å². The lowest BCUT2D eigenvalue weighted by Gasteiger charge is -2.21. The summed E-state index contributed by atoms with van der Waals surface area (Å²) in [5.74, 6) is 0.395. The number of carbonyl (C=O) groups is 2. The minimum atomic E-state index is -0.637. The van der Waals surface area contributed by atoms with Crippen LogP contribution in [0.4, 0.5) is 4.79 Å². The van der Waals surface area contributed by atoms with Gasteiger partial charge < -0.3 is 14.8 Å². The fourth-order valence-corrected chi connectivity index (χ4v) is 2.05. The second-order valence-corrected chi connectivity index (χ2v) is 7.48. The van der Waals surface area contributed by atoms with Crippen molar-refractivity contribution in [3.8, 4) is 0 Å². The van der Waals surface area contributed by atoms with Crippen molar-refractivity contribution in [1.82, 2.24) is 5.32 Å². The lowest BCUT2D eigenvalue weighted by Crippen LogP contribution is -2.43. The molecule has 0 spiro atoms. The van der Waals surface area contributed by atoms with E-state index in [1.807, 2.05) is 27.0 Å². The third-order valence-corrected chi connectivity index (χ3v) is 3.46. The normalized spacial score (nSPS) is 12.6. The van der Waals surface area contributed by atoms with Crippen LogP contribution in [0.1, 0.15) is 53.4 Å². The van der Waals surface area contributed by atoms with Crippen molar-refractivity contribution in [1.29, 1.82) is 0 Å². The topological polar surface area (TPSA) is 64.6 Å². The Morgan fingerprint density at radius 3 is 2.41 bits per heavy atom. The number of thioether (sulfide) groups is 1. The highest BCUT2D eigenvalue weighted by Crippen LogP contribution is 2.13. The number of nitrogens with one attached hydrogen (secondary N) is 1. The molecule has 1 amide bonds. The summed E-state index contributed by atoms with van der Waals surface area (Å²) in [6.07, 6.45) is 4.90. The molecule has 1 N–H and O–H groups in total. The first-order chi connectivity index (χ1) is 10.3. The predicted octanol–water partition coefficient (Wildman–Crippen LogP) is 3.61. The predicted molar refractivity (Wildman–Crippen MR) is 91.2 cm³/mol. The first kappa shape index (κ1) is 21.1. The smallest absolute Gasteiger partial charge is 0.407 e. The van der Waals surface area contributed by atoms with Gasteiger partial charge in [0.15, 0.2) is 0 Å². The van der Waals surface area contributed by atoms with Crippen LogP contribution < -0.4 is 5.32 Å². The maximum Gasteiger partial charge on any atom is 0.407 e. The van der Waals surface area contributed by atoms with Crippen LogP contribution in [0.2, 0.25) is 0 Å². The number of hydrogen-bond acceptors (Lipinski definition) is 5. The van der Waals surface area contributed by atoms with Crippen molar-refractivity contribution in [3.05, 3.63) is 0 Å². The maximum atomic E-state index is 12.0. The quantitative estimate of drug-likeness (QED) is 0.489. The van der Waals surface area contributed by atoms with Gasteiger partial charge in [-0.2, -0.15) is 11.8 Å². The lowest BCUT2D eigenvalue weighted by molar-refractivity contribution is -0.146. The Balaban J connectivity index is 4.30. The van der Waals surface area contributed by atoms with Gasteiger partial charge in [0.25, 0.3) is 0 Å². The third-order valence-electron chi connectivity index (χ3n) is 2.82. The minimum Gasteiger partial charge on any atom is -0.464 e. The van der Waals surface area contributed by atoms with Gasteiger partial charge in [-0.05, 0) is 30.3 Å². The molecule has 0 aromatic carbocycles. The fourth-order valence-electron chi connectivity index (χ4n) is 1.58. The number of alkyl carbamates (subject to hydrolysis) is 1. The molecule has 6 heteroatoms. The highest BCUT2D eigenvalue weighted by atomic mass is 32.2. The molecule has 0 saturated heterocycles. The van der Waals surface area contributed by atoms with Crippen LogP contribution in [0.5, 0.6) is 0 Å². The van der Waals surface area contributed by atoms with E-state index in [0.717, 1.165) is 25.0 Å². The highest BCUT2D eigenvalue weighted by molar-refractivity contribution is 7.98. The van der Waals surface area contributed by atoms with Crippen molar-refractivity contribution in [2.45, 2.75) is 59.4 Å². The van der Waals surface area contributed by atoms with E-state index >= 15 is 0 Å². The molecule has 1 unspecified atom stereocenters. The number of amides is 1. The lowest BCUT2D eigenvalue weighted by atomic mass is 9.99. The molecular weight excluding hydrogens is 302 g/mol. The van der Waals surface area contributed by atoms with E-state index in [1.165, 1.54) is 0 Å². The molecule has 130 valence electrons. The molecule has 1 atom stereocenters. The Kier molecular flexibility index (Phi) is 11.1. The number of esters is 1. The van der Waals surface area contributed by atoms with Crippen molar-refractivity contribution in [3.63, 3.8) is 0 Å². The van der Waals surface area contributed by atoms with Gasteiger partial charge in [0, 0.05) is 0 Å². The van der Waals surface area contributed by atoms with E-state index < -0.39 is 12.1 Å².